The van der Waals surface area contributed by atoms with Gasteiger partial charge in [0.15, 0.2) is 0 Å². The Morgan fingerprint density at radius 2 is 2.25 bits per heavy atom. The van der Waals surface area contributed by atoms with Gasteiger partial charge in [-0.25, -0.2) is 17.7 Å². The summed E-state index contributed by atoms with van der Waals surface area (Å²) >= 11 is 1.34. The summed E-state index contributed by atoms with van der Waals surface area (Å²) in [7, 11) is -3.17. The van der Waals surface area contributed by atoms with E-state index in [4.69, 9.17) is 5.73 Å². The molecule has 0 aromatic carbocycles. The van der Waals surface area contributed by atoms with Gasteiger partial charge in [0.05, 0.1) is 6.26 Å². The zero-order chi connectivity index (χ0) is 15.2. The van der Waals surface area contributed by atoms with Crippen molar-refractivity contribution in [2.45, 2.75) is 19.9 Å². The molecule has 3 N–H and O–H groups in total. The van der Waals surface area contributed by atoms with E-state index in [1.165, 1.54) is 21.9 Å². The summed E-state index contributed by atoms with van der Waals surface area (Å²) in [6.45, 7) is 3.32. The minimum Gasteiger partial charge on any atom is -0.351 e. The smallest absolute Gasteiger partial charge is 0.270 e. The number of thiazole rings is 1. The number of nitrogens with two attached hydrogens (primary N) is 1. The summed E-state index contributed by atoms with van der Waals surface area (Å²) in [6.07, 6.45) is 1.74. The van der Waals surface area contributed by atoms with Crippen LogP contribution in [0.2, 0.25) is 0 Å². The second-order valence-corrected chi connectivity index (χ2v) is 7.12. The van der Waals surface area contributed by atoms with E-state index in [1.807, 2.05) is 0 Å². The topological polar surface area (TPSA) is 105 Å². The maximum absolute atomic E-state index is 11.7. The quantitative estimate of drug-likeness (QED) is 0.656. The van der Waals surface area contributed by atoms with Gasteiger partial charge in [0, 0.05) is 31.6 Å². The van der Waals surface area contributed by atoms with E-state index in [9.17, 15) is 13.2 Å². The number of amides is 1. The average Bonchev–Trinajstić information content (AvgIpc) is 2.85. The molecule has 1 aromatic rings. The monoisotopic (exact) mass is 320 g/mol. The van der Waals surface area contributed by atoms with Gasteiger partial charge in [-0.15, -0.1) is 11.3 Å². The summed E-state index contributed by atoms with van der Waals surface area (Å²) in [5.41, 5.74) is 5.78. The maximum Gasteiger partial charge on any atom is 0.270 e. The Morgan fingerprint density at radius 1 is 1.55 bits per heavy atom. The minimum absolute atomic E-state index is 0.261. The molecule has 0 bridgehead atoms. The summed E-state index contributed by atoms with van der Waals surface area (Å²) in [5, 5.41) is 5.08. The lowest BCUT2D eigenvalue weighted by Gasteiger charge is -2.17. The normalized spacial score (nSPS) is 11.8. The number of rotatable bonds is 8. The van der Waals surface area contributed by atoms with Gasteiger partial charge in [-0.05, 0) is 6.42 Å². The van der Waals surface area contributed by atoms with E-state index in [0.717, 1.165) is 0 Å². The van der Waals surface area contributed by atoms with Crippen LogP contribution >= 0.6 is 11.3 Å². The van der Waals surface area contributed by atoms with Crippen molar-refractivity contribution in [3.8, 4) is 0 Å². The minimum atomic E-state index is -3.17. The summed E-state index contributed by atoms with van der Waals surface area (Å²) in [4.78, 5) is 15.8. The molecule has 0 aliphatic rings. The third-order valence-corrected chi connectivity index (χ3v) is 4.90. The molecule has 0 saturated heterocycles. The Kier molecular flexibility index (Phi) is 6.53. The molecule has 0 aliphatic heterocycles. The zero-order valence-electron chi connectivity index (χ0n) is 11.6. The zero-order valence-corrected chi connectivity index (χ0v) is 13.3. The molecular formula is C11H20N4O3S2. The second kappa shape index (κ2) is 7.67. The van der Waals surface area contributed by atoms with Crippen molar-refractivity contribution in [2.75, 3.05) is 25.9 Å². The van der Waals surface area contributed by atoms with Crippen LogP contribution < -0.4 is 11.1 Å². The van der Waals surface area contributed by atoms with E-state index in [2.05, 4.69) is 10.3 Å². The van der Waals surface area contributed by atoms with Gasteiger partial charge >= 0.3 is 0 Å². The Bertz CT molecular complexity index is 542. The van der Waals surface area contributed by atoms with E-state index in [0.29, 0.717) is 43.3 Å². The van der Waals surface area contributed by atoms with Crippen LogP contribution in [-0.2, 0) is 16.6 Å². The van der Waals surface area contributed by atoms with Gasteiger partial charge < -0.3 is 11.1 Å². The Hall–Kier alpha value is -1.03. The summed E-state index contributed by atoms with van der Waals surface area (Å²) in [5.74, 6) is -0.261. The number of hydrogen-bond donors (Lipinski definition) is 2. The van der Waals surface area contributed by atoms with Crippen LogP contribution in [0.5, 0.6) is 0 Å². The van der Waals surface area contributed by atoms with Crippen molar-refractivity contribution in [1.29, 1.82) is 0 Å². The van der Waals surface area contributed by atoms with E-state index in [1.54, 1.807) is 12.3 Å². The van der Waals surface area contributed by atoms with Gasteiger partial charge in [-0.1, -0.05) is 6.92 Å². The third kappa shape index (κ3) is 5.16. The van der Waals surface area contributed by atoms with Crippen molar-refractivity contribution in [3.05, 3.63) is 16.1 Å². The molecule has 0 saturated carbocycles. The molecule has 1 amide bonds. The van der Waals surface area contributed by atoms with Gasteiger partial charge in [-0.3, -0.25) is 4.79 Å². The molecule has 1 heterocycles. The number of sulfonamides is 1. The van der Waals surface area contributed by atoms with Gasteiger partial charge in [0.2, 0.25) is 10.0 Å². The number of aromatic nitrogens is 1. The van der Waals surface area contributed by atoms with Crippen molar-refractivity contribution >= 4 is 27.3 Å². The van der Waals surface area contributed by atoms with Crippen LogP contribution in [-0.4, -0.2) is 49.5 Å². The molecule has 0 atom stereocenters. The van der Waals surface area contributed by atoms with Crippen LogP contribution in [0, 0.1) is 0 Å². The summed E-state index contributed by atoms with van der Waals surface area (Å²) < 4.78 is 24.1. The molecule has 0 radical (unpaired) electrons. The molecule has 9 heteroatoms. The molecule has 20 heavy (non-hydrogen) atoms. The fraction of sp³-hybridized carbons (Fsp3) is 0.636. The third-order valence-electron chi connectivity index (χ3n) is 2.65. The van der Waals surface area contributed by atoms with Gasteiger partial charge in [-0.2, -0.15) is 0 Å². The van der Waals surface area contributed by atoms with Crippen molar-refractivity contribution in [1.82, 2.24) is 14.6 Å². The molecule has 0 spiro atoms. The first-order valence-corrected chi connectivity index (χ1v) is 8.99. The number of carbonyl (C=O) groups is 1. The maximum atomic E-state index is 11.7. The highest BCUT2D eigenvalue weighted by atomic mass is 32.2. The lowest BCUT2D eigenvalue weighted by atomic mass is 10.4. The molecular weight excluding hydrogens is 300 g/mol. The molecule has 0 fully saturated rings. The number of nitrogens with one attached hydrogen (secondary N) is 1. The Labute approximate surface area is 123 Å². The average molecular weight is 320 g/mol. The van der Waals surface area contributed by atoms with Crippen molar-refractivity contribution in [2.24, 2.45) is 5.73 Å². The predicted molar refractivity (Wildman–Crippen MR) is 79.0 cm³/mol. The van der Waals surface area contributed by atoms with E-state index < -0.39 is 10.0 Å². The first-order chi connectivity index (χ1) is 9.38. The Balaban J connectivity index is 2.35. The number of nitrogens with zero attached hydrogens (tertiary/aromatic N) is 2. The molecule has 1 aromatic heterocycles. The highest BCUT2D eigenvalue weighted by Crippen LogP contribution is 2.08. The van der Waals surface area contributed by atoms with Crippen LogP contribution in [0.1, 0.15) is 28.8 Å². The van der Waals surface area contributed by atoms with Crippen molar-refractivity contribution < 1.29 is 13.2 Å². The van der Waals surface area contributed by atoms with Gasteiger partial charge in [0.25, 0.3) is 5.91 Å². The van der Waals surface area contributed by atoms with Crippen LogP contribution in [0.15, 0.2) is 5.38 Å². The SMILES string of the molecule is CCN(CCCNC(=O)c1csc(CN)n1)S(C)(=O)=O. The van der Waals surface area contributed by atoms with E-state index in [-0.39, 0.29) is 5.91 Å². The molecule has 0 unspecified atom stereocenters. The fourth-order valence-electron chi connectivity index (χ4n) is 1.62. The summed E-state index contributed by atoms with van der Waals surface area (Å²) in [6, 6.07) is 0. The molecule has 114 valence electrons. The largest absolute Gasteiger partial charge is 0.351 e. The molecule has 7 nitrogen and oxygen atoms in total. The highest BCUT2D eigenvalue weighted by molar-refractivity contribution is 7.88. The van der Waals surface area contributed by atoms with Crippen LogP contribution in [0.4, 0.5) is 0 Å². The highest BCUT2D eigenvalue weighted by Gasteiger charge is 2.14. The standard InChI is InChI=1S/C11H20N4O3S2/c1-3-15(20(2,17)18)6-4-5-13-11(16)9-8-19-10(7-12)14-9/h8H,3-7,12H2,1-2H3,(H,13,16). The number of hydrogen-bond acceptors (Lipinski definition) is 6. The Morgan fingerprint density at radius 3 is 2.75 bits per heavy atom. The molecule has 1 rings (SSSR count). The van der Waals surface area contributed by atoms with E-state index >= 15 is 0 Å². The lowest BCUT2D eigenvalue weighted by Crippen LogP contribution is -2.33. The lowest BCUT2D eigenvalue weighted by molar-refractivity contribution is 0.0948. The molecule has 0 aliphatic carbocycles. The second-order valence-electron chi connectivity index (χ2n) is 4.19. The van der Waals surface area contributed by atoms with Crippen LogP contribution in [0.3, 0.4) is 0 Å². The first kappa shape index (κ1) is 17.0. The van der Waals surface area contributed by atoms with Crippen LogP contribution in [0.25, 0.3) is 0 Å². The van der Waals surface area contributed by atoms with Crippen molar-refractivity contribution in [3.63, 3.8) is 0 Å². The first-order valence-electron chi connectivity index (χ1n) is 6.26. The number of carbonyl (C=O) groups excluding carboxylic acids is 1. The predicted octanol–water partition coefficient (Wildman–Crippen LogP) is 0.00320. The fourth-order valence-corrected chi connectivity index (χ4v) is 3.20. The van der Waals surface area contributed by atoms with Gasteiger partial charge in [0.1, 0.15) is 10.7 Å².